The van der Waals surface area contributed by atoms with Crippen molar-refractivity contribution in [3.63, 3.8) is 0 Å². The van der Waals surface area contributed by atoms with E-state index in [9.17, 15) is 0 Å². The van der Waals surface area contributed by atoms with Crippen molar-refractivity contribution in [3.8, 4) is 55.9 Å². The van der Waals surface area contributed by atoms with Crippen LogP contribution in [0.2, 0.25) is 0 Å². The predicted octanol–water partition coefficient (Wildman–Crippen LogP) is 13.5. The zero-order valence-corrected chi connectivity index (χ0v) is 29.6. The Hall–Kier alpha value is -6.64. The maximum atomic E-state index is 2.52. The van der Waals surface area contributed by atoms with Crippen LogP contribution < -0.4 is 0 Å². The van der Waals surface area contributed by atoms with Gasteiger partial charge < -0.3 is 9.13 Å². The highest BCUT2D eigenvalue weighted by Crippen LogP contribution is 2.51. The topological polar surface area (TPSA) is 9.86 Å². The molecule has 2 aliphatic rings. The number of rotatable bonds is 2. The fourth-order valence-electron chi connectivity index (χ4n) is 9.81. The number of para-hydroxylation sites is 3. The van der Waals surface area contributed by atoms with Crippen molar-refractivity contribution in [2.24, 2.45) is 0 Å². The molecule has 12 rings (SSSR count). The molecule has 0 saturated carbocycles. The maximum absolute atomic E-state index is 2.52. The van der Waals surface area contributed by atoms with E-state index in [-0.39, 0.29) is 5.41 Å². The van der Waals surface area contributed by atoms with Crippen molar-refractivity contribution in [2.45, 2.75) is 19.3 Å². The second-order valence-electron chi connectivity index (χ2n) is 15.3. The molecule has 0 spiro atoms. The van der Waals surface area contributed by atoms with Crippen molar-refractivity contribution in [2.75, 3.05) is 0 Å². The molecular weight excluding hydrogens is 641 g/mol. The Bertz CT molecular complexity index is 3190. The Labute approximate surface area is 307 Å². The summed E-state index contributed by atoms with van der Waals surface area (Å²) in [5.74, 6) is 0. The van der Waals surface area contributed by atoms with Crippen LogP contribution in [0.1, 0.15) is 25.0 Å². The quantitative estimate of drug-likeness (QED) is 0.173. The first-order valence-electron chi connectivity index (χ1n) is 18.6. The molecule has 2 heteroatoms. The highest BCUT2D eigenvalue weighted by atomic mass is 15.0. The molecule has 0 atom stereocenters. The van der Waals surface area contributed by atoms with Crippen LogP contribution in [0.5, 0.6) is 0 Å². The van der Waals surface area contributed by atoms with E-state index < -0.39 is 0 Å². The van der Waals surface area contributed by atoms with Gasteiger partial charge in [0.15, 0.2) is 0 Å². The molecule has 0 N–H and O–H groups in total. The van der Waals surface area contributed by atoms with Crippen molar-refractivity contribution in [1.82, 2.24) is 9.13 Å². The van der Waals surface area contributed by atoms with Gasteiger partial charge in [0.1, 0.15) is 0 Å². The minimum Gasteiger partial charge on any atom is -0.309 e. The fraction of sp³-hybridized carbons (Fsp3) is 0.0588. The summed E-state index contributed by atoms with van der Waals surface area (Å²) in [6.45, 7) is 4.71. The minimum atomic E-state index is -0.0262. The van der Waals surface area contributed by atoms with Gasteiger partial charge in [-0.1, -0.05) is 141 Å². The molecular formula is C51H34N2. The second kappa shape index (κ2) is 10.2. The van der Waals surface area contributed by atoms with Gasteiger partial charge in [-0.2, -0.15) is 0 Å². The molecule has 0 saturated heterocycles. The summed E-state index contributed by atoms with van der Waals surface area (Å²) >= 11 is 0. The van der Waals surface area contributed by atoms with Gasteiger partial charge in [0.05, 0.1) is 27.8 Å². The third kappa shape index (κ3) is 3.77. The lowest BCUT2D eigenvalue weighted by molar-refractivity contribution is 0.660. The molecule has 0 amide bonds. The average Bonchev–Trinajstić information content (AvgIpc) is 3.77. The smallest absolute Gasteiger partial charge is 0.0619 e. The Morgan fingerprint density at radius 3 is 1.74 bits per heavy atom. The van der Waals surface area contributed by atoms with E-state index in [0.29, 0.717) is 0 Å². The molecule has 1 aliphatic heterocycles. The number of hydrogen-bond donors (Lipinski definition) is 0. The third-order valence-corrected chi connectivity index (χ3v) is 12.3. The maximum Gasteiger partial charge on any atom is 0.0619 e. The van der Waals surface area contributed by atoms with E-state index in [1.807, 2.05) is 0 Å². The molecule has 2 aromatic heterocycles. The standard InChI is InChI=1S/C51H34N2/c1-51(2)44-19-8-5-14-36(44)37-27-24-32(28-45(37)51)31-22-25-33(26-23-31)52-46-20-9-7-16-39(46)43-30-49-42(29-48(43)52)35-13-4-3-12-34(35)40-17-11-18-41-38-15-6-10-21-47(38)53(49)50(40)41/h3-30H,1-2H3. The monoisotopic (exact) mass is 674 g/mol. The lowest BCUT2D eigenvalue weighted by Crippen LogP contribution is -2.14. The summed E-state index contributed by atoms with van der Waals surface area (Å²) in [6, 6.07) is 63.4. The molecule has 248 valence electrons. The zero-order chi connectivity index (χ0) is 35.0. The molecule has 10 aromatic rings. The van der Waals surface area contributed by atoms with Crippen LogP contribution in [-0.4, -0.2) is 9.13 Å². The summed E-state index contributed by atoms with van der Waals surface area (Å²) < 4.78 is 4.98. The SMILES string of the molecule is CC1(C)c2ccccc2-c2ccc(-c3ccc(-n4c5ccccc5c5cc6c(cc54)-c4ccccc4-c4cccc5c7ccccc7n-6c45)cc3)cc21. The van der Waals surface area contributed by atoms with E-state index in [2.05, 4.69) is 193 Å². The minimum absolute atomic E-state index is 0.0262. The van der Waals surface area contributed by atoms with Crippen LogP contribution in [0.15, 0.2) is 170 Å². The first kappa shape index (κ1) is 29.0. The molecule has 0 fully saturated rings. The first-order chi connectivity index (χ1) is 26.1. The molecule has 0 bridgehead atoms. The Balaban J connectivity index is 1.08. The highest BCUT2D eigenvalue weighted by Gasteiger charge is 2.35. The highest BCUT2D eigenvalue weighted by molar-refractivity contribution is 6.18. The van der Waals surface area contributed by atoms with Crippen LogP contribution in [-0.2, 0) is 5.41 Å². The van der Waals surface area contributed by atoms with Gasteiger partial charge in [-0.3, -0.25) is 0 Å². The average molecular weight is 675 g/mol. The van der Waals surface area contributed by atoms with Crippen LogP contribution >= 0.6 is 0 Å². The lowest BCUT2D eigenvalue weighted by atomic mass is 9.81. The molecule has 8 aromatic carbocycles. The lowest BCUT2D eigenvalue weighted by Gasteiger charge is -2.22. The van der Waals surface area contributed by atoms with Gasteiger partial charge in [0.25, 0.3) is 0 Å². The summed E-state index contributed by atoms with van der Waals surface area (Å²) in [4.78, 5) is 0. The van der Waals surface area contributed by atoms with Crippen molar-refractivity contribution >= 4 is 43.6 Å². The van der Waals surface area contributed by atoms with Gasteiger partial charge in [-0.05, 0) is 87.0 Å². The number of nitrogens with zero attached hydrogens (tertiary/aromatic N) is 2. The Morgan fingerprint density at radius 1 is 0.358 bits per heavy atom. The van der Waals surface area contributed by atoms with Crippen LogP contribution in [0.3, 0.4) is 0 Å². The van der Waals surface area contributed by atoms with Gasteiger partial charge >= 0.3 is 0 Å². The second-order valence-corrected chi connectivity index (χ2v) is 15.3. The van der Waals surface area contributed by atoms with E-state index in [0.717, 1.165) is 5.69 Å². The molecule has 53 heavy (non-hydrogen) atoms. The van der Waals surface area contributed by atoms with Crippen LogP contribution in [0.25, 0.3) is 99.5 Å². The number of fused-ring (bicyclic) bond motifs is 14. The molecule has 3 heterocycles. The third-order valence-electron chi connectivity index (χ3n) is 12.3. The summed E-state index contributed by atoms with van der Waals surface area (Å²) in [5, 5.41) is 5.09. The van der Waals surface area contributed by atoms with E-state index in [4.69, 9.17) is 0 Å². The van der Waals surface area contributed by atoms with Crippen molar-refractivity contribution < 1.29 is 0 Å². The normalized spacial score (nSPS) is 13.6. The molecule has 2 nitrogen and oxygen atoms in total. The largest absolute Gasteiger partial charge is 0.309 e. The molecule has 1 aliphatic carbocycles. The first-order valence-corrected chi connectivity index (χ1v) is 18.6. The van der Waals surface area contributed by atoms with Crippen molar-refractivity contribution in [3.05, 3.63) is 181 Å². The number of hydrogen-bond acceptors (Lipinski definition) is 0. The Kier molecular flexibility index (Phi) is 5.60. The molecule has 0 unspecified atom stereocenters. The Morgan fingerprint density at radius 2 is 0.943 bits per heavy atom. The molecule has 0 radical (unpaired) electrons. The van der Waals surface area contributed by atoms with Gasteiger partial charge in [0.2, 0.25) is 0 Å². The van der Waals surface area contributed by atoms with Crippen LogP contribution in [0, 0.1) is 0 Å². The van der Waals surface area contributed by atoms with E-state index in [1.165, 1.54) is 105 Å². The van der Waals surface area contributed by atoms with Crippen LogP contribution in [0.4, 0.5) is 0 Å². The van der Waals surface area contributed by atoms with Gasteiger partial charge in [0, 0.05) is 43.8 Å². The van der Waals surface area contributed by atoms with E-state index >= 15 is 0 Å². The summed E-state index contributed by atoms with van der Waals surface area (Å²) in [5.41, 5.74) is 20.4. The van der Waals surface area contributed by atoms with E-state index in [1.54, 1.807) is 0 Å². The predicted molar refractivity (Wildman–Crippen MR) is 223 cm³/mol. The number of aromatic nitrogens is 2. The number of benzene rings is 8. The summed E-state index contributed by atoms with van der Waals surface area (Å²) in [6.07, 6.45) is 0. The van der Waals surface area contributed by atoms with Gasteiger partial charge in [-0.15, -0.1) is 0 Å². The zero-order valence-electron chi connectivity index (χ0n) is 29.6. The van der Waals surface area contributed by atoms with Gasteiger partial charge in [-0.25, -0.2) is 0 Å². The van der Waals surface area contributed by atoms with Crippen molar-refractivity contribution in [1.29, 1.82) is 0 Å². The summed E-state index contributed by atoms with van der Waals surface area (Å²) in [7, 11) is 0. The fourth-order valence-corrected chi connectivity index (χ4v) is 9.81.